The van der Waals surface area contributed by atoms with Crippen LogP contribution < -0.4 is 10.6 Å². The van der Waals surface area contributed by atoms with E-state index in [0.29, 0.717) is 23.8 Å². The fourth-order valence-electron chi connectivity index (χ4n) is 2.49. The molecular weight excluding hydrogens is 475 g/mol. The Hall–Kier alpha value is -1.68. The average molecular weight is 502 g/mol. The minimum atomic E-state index is -3.34. The molecule has 6 nitrogen and oxygen atoms in total. The summed E-state index contributed by atoms with van der Waals surface area (Å²) < 4.78 is 25.1. The van der Waals surface area contributed by atoms with Gasteiger partial charge in [0.05, 0.1) is 10.6 Å². The van der Waals surface area contributed by atoms with Gasteiger partial charge in [-0.3, -0.25) is 9.98 Å². The molecule has 1 aromatic heterocycles. The Morgan fingerprint density at radius 3 is 2.44 bits per heavy atom. The first kappa shape index (κ1) is 23.4. The number of benzene rings is 1. The quantitative estimate of drug-likeness (QED) is 0.330. The lowest BCUT2D eigenvalue weighted by Gasteiger charge is -2.20. The molecule has 1 heterocycles. The summed E-state index contributed by atoms with van der Waals surface area (Å²) in [6.45, 7) is 2.62. The molecule has 27 heavy (non-hydrogen) atoms. The molecule has 1 unspecified atom stereocenters. The Bertz CT molecular complexity index is 799. The molecule has 8 heteroatoms. The van der Waals surface area contributed by atoms with Gasteiger partial charge in [-0.15, -0.1) is 24.0 Å². The van der Waals surface area contributed by atoms with E-state index in [1.54, 1.807) is 37.5 Å². The molecule has 0 aliphatic carbocycles. The van der Waals surface area contributed by atoms with Crippen LogP contribution in [0.25, 0.3) is 0 Å². The summed E-state index contributed by atoms with van der Waals surface area (Å²) in [7, 11) is -1.67. The number of nitrogens with zero attached hydrogens (tertiary/aromatic N) is 2. The third-order valence-electron chi connectivity index (χ3n) is 3.98. The van der Waals surface area contributed by atoms with Gasteiger partial charge in [0.2, 0.25) is 0 Å². The summed E-state index contributed by atoms with van der Waals surface area (Å²) >= 11 is 0. The van der Waals surface area contributed by atoms with Crippen molar-refractivity contribution in [1.29, 1.82) is 0 Å². The Kier molecular flexibility index (Phi) is 10.3. The molecule has 0 saturated heterocycles. The highest BCUT2D eigenvalue weighted by atomic mass is 127. The second kappa shape index (κ2) is 11.9. The molecule has 148 valence electrons. The van der Waals surface area contributed by atoms with E-state index in [-0.39, 0.29) is 35.8 Å². The van der Waals surface area contributed by atoms with Crippen molar-refractivity contribution >= 4 is 39.8 Å². The molecule has 0 aliphatic heterocycles. The van der Waals surface area contributed by atoms with E-state index in [1.807, 2.05) is 31.2 Å². The van der Waals surface area contributed by atoms with Crippen molar-refractivity contribution in [1.82, 2.24) is 15.6 Å². The molecule has 0 aliphatic rings. The smallest absolute Gasteiger partial charge is 0.191 e. The van der Waals surface area contributed by atoms with Gasteiger partial charge in [0, 0.05) is 37.9 Å². The van der Waals surface area contributed by atoms with Gasteiger partial charge in [-0.05, 0) is 30.7 Å². The molecule has 2 aromatic rings. The maximum absolute atomic E-state index is 12.6. The third kappa shape index (κ3) is 7.84. The summed E-state index contributed by atoms with van der Waals surface area (Å²) in [5, 5.41) is 6.42. The van der Waals surface area contributed by atoms with Crippen molar-refractivity contribution in [2.24, 2.45) is 4.99 Å². The van der Waals surface area contributed by atoms with Crippen LogP contribution in [0.1, 0.15) is 19.0 Å². The third-order valence-corrected chi connectivity index (χ3v) is 5.81. The predicted molar refractivity (Wildman–Crippen MR) is 120 cm³/mol. The largest absolute Gasteiger partial charge is 0.356 e. The zero-order valence-corrected chi connectivity index (χ0v) is 18.8. The predicted octanol–water partition coefficient (Wildman–Crippen LogP) is 2.66. The van der Waals surface area contributed by atoms with Crippen LogP contribution in [0.15, 0.2) is 64.6 Å². The highest BCUT2D eigenvalue weighted by Crippen LogP contribution is 2.12. The Labute approximate surface area is 178 Å². The summed E-state index contributed by atoms with van der Waals surface area (Å²) in [5.41, 5.74) is 0.995. The zero-order valence-electron chi connectivity index (χ0n) is 15.6. The molecule has 0 radical (unpaired) electrons. The summed E-state index contributed by atoms with van der Waals surface area (Å²) in [4.78, 5) is 8.82. The van der Waals surface area contributed by atoms with Gasteiger partial charge in [0.25, 0.3) is 0 Å². The molecule has 2 N–H and O–H groups in total. The second-order valence-corrected chi connectivity index (χ2v) is 7.95. The minimum absolute atomic E-state index is 0. The Morgan fingerprint density at radius 2 is 1.85 bits per heavy atom. The summed E-state index contributed by atoms with van der Waals surface area (Å²) in [6.07, 6.45) is 3.21. The van der Waals surface area contributed by atoms with Crippen LogP contribution in [-0.4, -0.2) is 44.7 Å². The summed E-state index contributed by atoms with van der Waals surface area (Å²) in [5.74, 6) is 0.616. The summed E-state index contributed by atoms with van der Waals surface area (Å²) in [6, 6.07) is 14.1. The first-order chi connectivity index (χ1) is 12.5. The number of guanidine groups is 1. The molecule has 0 amide bonds. The van der Waals surface area contributed by atoms with Crippen molar-refractivity contribution < 1.29 is 8.42 Å². The zero-order chi connectivity index (χ0) is 18.8. The number of sulfone groups is 1. The lowest BCUT2D eigenvalue weighted by atomic mass is 10.2. The van der Waals surface area contributed by atoms with Crippen molar-refractivity contribution in [3.63, 3.8) is 0 Å². The second-order valence-electron chi connectivity index (χ2n) is 5.91. The first-order valence-electron chi connectivity index (χ1n) is 8.70. The van der Waals surface area contributed by atoms with Crippen molar-refractivity contribution in [2.45, 2.75) is 30.7 Å². The molecule has 0 spiro atoms. The van der Waals surface area contributed by atoms with E-state index in [0.717, 1.165) is 12.1 Å². The normalized spacial score (nSPS) is 12.7. The fourth-order valence-corrected chi connectivity index (χ4v) is 4.11. The number of aromatic nitrogens is 1. The van der Waals surface area contributed by atoms with E-state index >= 15 is 0 Å². The van der Waals surface area contributed by atoms with Gasteiger partial charge < -0.3 is 10.6 Å². The van der Waals surface area contributed by atoms with E-state index < -0.39 is 9.84 Å². The highest BCUT2D eigenvalue weighted by molar-refractivity contribution is 14.0. The van der Waals surface area contributed by atoms with Crippen LogP contribution in [-0.2, 0) is 16.3 Å². The van der Waals surface area contributed by atoms with Crippen LogP contribution in [0.3, 0.4) is 0 Å². The first-order valence-corrected chi connectivity index (χ1v) is 10.3. The lowest BCUT2D eigenvalue weighted by molar-refractivity contribution is 0.569. The molecule has 1 atom stereocenters. The van der Waals surface area contributed by atoms with E-state index in [1.165, 1.54) is 0 Å². The van der Waals surface area contributed by atoms with E-state index in [4.69, 9.17) is 0 Å². The van der Waals surface area contributed by atoms with Crippen molar-refractivity contribution in [2.75, 3.05) is 19.3 Å². The van der Waals surface area contributed by atoms with Crippen molar-refractivity contribution in [3.8, 4) is 0 Å². The SMILES string of the molecule is CCC(CS(=O)(=O)c1ccccc1)NC(=NC)NCCc1ccccn1.I. The van der Waals surface area contributed by atoms with Crippen LogP contribution in [0.5, 0.6) is 0 Å². The van der Waals surface area contributed by atoms with Crippen LogP contribution >= 0.6 is 24.0 Å². The Morgan fingerprint density at radius 1 is 1.15 bits per heavy atom. The monoisotopic (exact) mass is 502 g/mol. The molecule has 2 rings (SSSR count). The number of hydrogen-bond acceptors (Lipinski definition) is 4. The number of hydrogen-bond donors (Lipinski definition) is 2. The maximum atomic E-state index is 12.6. The number of halogens is 1. The van der Waals surface area contributed by atoms with Crippen LogP contribution in [0, 0.1) is 0 Å². The van der Waals surface area contributed by atoms with Gasteiger partial charge in [-0.2, -0.15) is 0 Å². The van der Waals surface area contributed by atoms with Crippen LogP contribution in [0.4, 0.5) is 0 Å². The number of pyridine rings is 1. The van der Waals surface area contributed by atoms with Gasteiger partial charge >= 0.3 is 0 Å². The molecule has 0 fully saturated rings. The number of rotatable bonds is 8. The van der Waals surface area contributed by atoms with Crippen LogP contribution in [0.2, 0.25) is 0 Å². The van der Waals surface area contributed by atoms with Gasteiger partial charge in [0.15, 0.2) is 15.8 Å². The number of nitrogens with one attached hydrogen (secondary N) is 2. The average Bonchev–Trinajstić information content (AvgIpc) is 2.67. The topological polar surface area (TPSA) is 83.5 Å². The maximum Gasteiger partial charge on any atom is 0.191 e. The van der Waals surface area contributed by atoms with Gasteiger partial charge in [-0.1, -0.05) is 31.2 Å². The molecular formula is C19H27IN4O2S. The minimum Gasteiger partial charge on any atom is -0.356 e. The fraction of sp³-hybridized carbons (Fsp3) is 0.368. The Balaban J connectivity index is 0.00000364. The van der Waals surface area contributed by atoms with Gasteiger partial charge in [0.1, 0.15) is 0 Å². The van der Waals surface area contributed by atoms with E-state index in [9.17, 15) is 8.42 Å². The molecule has 0 saturated carbocycles. The number of aliphatic imine (C=N–C) groups is 1. The van der Waals surface area contributed by atoms with Crippen molar-refractivity contribution in [3.05, 3.63) is 60.4 Å². The highest BCUT2D eigenvalue weighted by Gasteiger charge is 2.20. The standard InChI is InChI=1S/C19H26N4O2S.HI/c1-3-16(15-26(24,25)18-10-5-4-6-11-18)23-19(20-2)22-14-12-17-9-7-8-13-21-17;/h4-11,13,16H,3,12,14-15H2,1-2H3,(H2,20,22,23);1H. The van der Waals surface area contributed by atoms with Gasteiger partial charge in [-0.25, -0.2) is 8.42 Å². The molecule has 1 aromatic carbocycles. The van der Waals surface area contributed by atoms with E-state index in [2.05, 4.69) is 20.6 Å². The lowest BCUT2D eigenvalue weighted by Crippen LogP contribution is -2.46. The molecule has 0 bridgehead atoms.